The number of aromatic nitrogens is 4. The van der Waals surface area contributed by atoms with Crippen molar-refractivity contribution in [3.63, 3.8) is 0 Å². The Kier molecular flexibility index (Phi) is 3.01. The number of nitrogens with one attached hydrogen (secondary N) is 2. The molecular weight excluding hydrogens is 244 g/mol. The standard InChI is InChI=1S/C12H14N6O/c13-8-3-4-9(12-11(8)17-19-18-12)14-5-1-2-10-15-6-7-16-10/h3-4,6-7,14H,1-2,5,13H2,(H,15,16). The Balaban J connectivity index is 1.62. The molecule has 7 nitrogen and oxygen atoms in total. The third-order valence-electron chi connectivity index (χ3n) is 2.91. The van der Waals surface area contributed by atoms with E-state index in [2.05, 4.69) is 25.6 Å². The molecule has 0 aliphatic carbocycles. The summed E-state index contributed by atoms with van der Waals surface area (Å²) in [6.07, 6.45) is 5.44. The summed E-state index contributed by atoms with van der Waals surface area (Å²) in [6, 6.07) is 3.68. The van der Waals surface area contributed by atoms with Crippen LogP contribution in [0.5, 0.6) is 0 Å². The summed E-state index contributed by atoms with van der Waals surface area (Å²) in [5, 5.41) is 10.9. The second-order valence-corrected chi connectivity index (χ2v) is 4.23. The molecule has 4 N–H and O–H groups in total. The Bertz CT molecular complexity index is 660. The zero-order valence-corrected chi connectivity index (χ0v) is 10.3. The van der Waals surface area contributed by atoms with Gasteiger partial charge in [0.15, 0.2) is 11.0 Å². The number of benzene rings is 1. The van der Waals surface area contributed by atoms with E-state index in [9.17, 15) is 0 Å². The molecule has 0 bridgehead atoms. The second-order valence-electron chi connectivity index (χ2n) is 4.23. The molecule has 0 fully saturated rings. The summed E-state index contributed by atoms with van der Waals surface area (Å²) in [5.41, 5.74) is 8.49. The fourth-order valence-corrected chi connectivity index (χ4v) is 1.94. The molecule has 0 aliphatic rings. The average Bonchev–Trinajstić information content (AvgIpc) is 3.08. The molecular formula is C12H14N6O. The highest BCUT2D eigenvalue weighted by atomic mass is 16.6. The van der Waals surface area contributed by atoms with Crippen LogP contribution in [0.25, 0.3) is 11.0 Å². The van der Waals surface area contributed by atoms with Crippen molar-refractivity contribution < 1.29 is 4.63 Å². The minimum absolute atomic E-state index is 0.567. The molecule has 0 saturated heterocycles. The van der Waals surface area contributed by atoms with Gasteiger partial charge in [-0.05, 0) is 28.9 Å². The first kappa shape index (κ1) is 11.5. The summed E-state index contributed by atoms with van der Waals surface area (Å²) in [7, 11) is 0. The molecule has 0 amide bonds. The van der Waals surface area contributed by atoms with Gasteiger partial charge in [-0.25, -0.2) is 9.61 Å². The van der Waals surface area contributed by atoms with Crippen LogP contribution in [-0.4, -0.2) is 26.8 Å². The Labute approximate surface area is 109 Å². The van der Waals surface area contributed by atoms with E-state index in [0.717, 1.165) is 30.9 Å². The van der Waals surface area contributed by atoms with E-state index in [1.165, 1.54) is 0 Å². The number of aryl methyl sites for hydroxylation is 1. The number of hydrogen-bond donors (Lipinski definition) is 3. The first-order valence-electron chi connectivity index (χ1n) is 6.07. The van der Waals surface area contributed by atoms with Gasteiger partial charge >= 0.3 is 0 Å². The highest BCUT2D eigenvalue weighted by molar-refractivity contribution is 5.94. The topological polar surface area (TPSA) is 106 Å². The van der Waals surface area contributed by atoms with Gasteiger partial charge in [0, 0.05) is 25.4 Å². The molecule has 0 atom stereocenters. The van der Waals surface area contributed by atoms with Crippen LogP contribution in [-0.2, 0) is 6.42 Å². The molecule has 3 aromatic rings. The lowest BCUT2D eigenvalue weighted by atomic mass is 10.2. The summed E-state index contributed by atoms with van der Waals surface area (Å²) in [4.78, 5) is 7.25. The number of nitrogens with zero attached hydrogens (tertiary/aromatic N) is 3. The largest absolute Gasteiger partial charge is 0.397 e. The van der Waals surface area contributed by atoms with E-state index in [4.69, 9.17) is 10.4 Å². The van der Waals surface area contributed by atoms with Crippen molar-refractivity contribution >= 4 is 22.4 Å². The van der Waals surface area contributed by atoms with Crippen molar-refractivity contribution in [1.82, 2.24) is 20.3 Å². The number of nitrogen functional groups attached to an aromatic ring is 1. The molecule has 2 heterocycles. The third kappa shape index (κ3) is 2.35. The van der Waals surface area contributed by atoms with Gasteiger partial charge in [-0.15, -0.1) is 0 Å². The maximum atomic E-state index is 5.79. The lowest BCUT2D eigenvalue weighted by molar-refractivity contribution is 0.316. The van der Waals surface area contributed by atoms with E-state index in [1.807, 2.05) is 12.3 Å². The highest BCUT2D eigenvalue weighted by Gasteiger charge is 2.09. The van der Waals surface area contributed by atoms with Crippen LogP contribution in [0.4, 0.5) is 11.4 Å². The molecule has 0 radical (unpaired) electrons. The van der Waals surface area contributed by atoms with Crippen LogP contribution < -0.4 is 11.1 Å². The number of H-pyrrole nitrogens is 1. The number of anilines is 2. The second kappa shape index (κ2) is 4.97. The zero-order chi connectivity index (χ0) is 13.1. The van der Waals surface area contributed by atoms with E-state index in [0.29, 0.717) is 16.7 Å². The first-order chi connectivity index (χ1) is 9.34. The molecule has 0 unspecified atom stereocenters. The van der Waals surface area contributed by atoms with Gasteiger partial charge < -0.3 is 16.0 Å². The van der Waals surface area contributed by atoms with E-state index >= 15 is 0 Å². The number of fused-ring (bicyclic) bond motifs is 1. The van der Waals surface area contributed by atoms with Crippen molar-refractivity contribution in [1.29, 1.82) is 0 Å². The Morgan fingerprint density at radius 2 is 2.16 bits per heavy atom. The molecule has 1 aromatic carbocycles. The highest BCUT2D eigenvalue weighted by Crippen LogP contribution is 2.24. The lowest BCUT2D eigenvalue weighted by Gasteiger charge is -2.06. The van der Waals surface area contributed by atoms with Crippen molar-refractivity contribution in [2.24, 2.45) is 0 Å². The summed E-state index contributed by atoms with van der Waals surface area (Å²) in [5.74, 6) is 0.993. The molecule has 0 spiro atoms. The average molecular weight is 258 g/mol. The normalized spacial score (nSPS) is 10.9. The number of hydrogen-bond acceptors (Lipinski definition) is 6. The van der Waals surface area contributed by atoms with Gasteiger partial charge in [0.1, 0.15) is 5.82 Å². The number of rotatable bonds is 5. The maximum Gasteiger partial charge on any atom is 0.160 e. The third-order valence-corrected chi connectivity index (χ3v) is 2.91. The van der Waals surface area contributed by atoms with Crippen LogP contribution in [0.3, 0.4) is 0 Å². The minimum Gasteiger partial charge on any atom is -0.397 e. The van der Waals surface area contributed by atoms with Crippen molar-refractivity contribution in [2.45, 2.75) is 12.8 Å². The maximum absolute atomic E-state index is 5.79. The number of imidazole rings is 1. The van der Waals surface area contributed by atoms with E-state index in [1.54, 1.807) is 12.3 Å². The molecule has 3 rings (SSSR count). The SMILES string of the molecule is Nc1ccc(NCCCc2ncc[nH]2)c2nonc12. The first-order valence-corrected chi connectivity index (χ1v) is 6.07. The fraction of sp³-hybridized carbons (Fsp3) is 0.250. The van der Waals surface area contributed by atoms with Gasteiger partial charge in [-0.3, -0.25) is 0 Å². The van der Waals surface area contributed by atoms with Crippen LogP contribution in [0.15, 0.2) is 29.2 Å². The summed E-state index contributed by atoms with van der Waals surface area (Å²) < 4.78 is 4.72. The Morgan fingerprint density at radius 3 is 3.00 bits per heavy atom. The van der Waals surface area contributed by atoms with Gasteiger partial charge in [0.2, 0.25) is 0 Å². The quantitative estimate of drug-likeness (QED) is 0.474. The summed E-state index contributed by atoms with van der Waals surface area (Å²) in [6.45, 7) is 0.812. The Morgan fingerprint density at radius 1 is 1.26 bits per heavy atom. The zero-order valence-electron chi connectivity index (χ0n) is 10.3. The molecule has 98 valence electrons. The van der Waals surface area contributed by atoms with Crippen molar-refractivity contribution in [3.05, 3.63) is 30.4 Å². The van der Waals surface area contributed by atoms with Crippen molar-refractivity contribution in [3.8, 4) is 0 Å². The van der Waals surface area contributed by atoms with Crippen LogP contribution >= 0.6 is 0 Å². The lowest BCUT2D eigenvalue weighted by Crippen LogP contribution is -2.04. The summed E-state index contributed by atoms with van der Waals surface area (Å²) >= 11 is 0. The van der Waals surface area contributed by atoms with Gasteiger partial charge in [0.05, 0.1) is 11.4 Å². The molecule has 19 heavy (non-hydrogen) atoms. The molecule has 0 aliphatic heterocycles. The van der Waals surface area contributed by atoms with Gasteiger partial charge in [-0.2, -0.15) is 0 Å². The van der Waals surface area contributed by atoms with E-state index in [-0.39, 0.29) is 0 Å². The van der Waals surface area contributed by atoms with Crippen LogP contribution in [0.1, 0.15) is 12.2 Å². The smallest absolute Gasteiger partial charge is 0.160 e. The molecule has 2 aromatic heterocycles. The minimum atomic E-state index is 0.567. The van der Waals surface area contributed by atoms with Gasteiger partial charge in [-0.1, -0.05) is 0 Å². The van der Waals surface area contributed by atoms with Crippen LogP contribution in [0.2, 0.25) is 0 Å². The fourth-order valence-electron chi connectivity index (χ4n) is 1.94. The number of nitrogens with two attached hydrogens (primary N) is 1. The predicted octanol–water partition coefficient (Wildman–Crippen LogP) is 1.57. The number of aromatic amines is 1. The molecule has 7 heteroatoms. The predicted molar refractivity (Wildman–Crippen MR) is 71.6 cm³/mol. The van der Waals surface area contributed by atoms with Gasteiger partial charge in [0.25, 0.3) is 0 Å². The molecule has 0 saturated carbocycles. The monoisotopic (exact) mass is 258 g/mol. The van der Waals surface area contributed by atoms with Crippen LogP contribution in [0, 0.1) is 0 Å². The Hall–Kier alpha value is -2.57. The van der Waals surface area contributed by atoms with Crippen molar-refractivity contribution in [2.75, 3.05) is 17.6 Å². The van der Waals surface area contributed by atoms with E-state index < -0.39 is 0 Å².